The Morgan fingerprint density at radius 1 is 1.07 bits per heavy atom. The standard InChI is InChI=1S/C20H22N4O4S/c1-28-13-12-23-29(26,27)18-8-6-17(7-9-18)20(25)21-14-15-2-4-16(5-3-15)19-10-11-22-24-19/h2-11,23H,12-14H2,1H3,(H,21,25)(H,22,24). The Morgan fingerprint density at radius 2 is 1.79 bits per heavy atom. The summed E-state index contributed by atoms with van der Waals surface area (Å²) < 4.78 is 31.5. The summed E-state index contributed by atoms with van der Waals surface area (Å²) in [5.74, 6) is -0.279. The van der Waals surface area contributed by atoms with Gasteiger partial charge in [-0.3, -0.25) is 9.89 Å². The number of benzene rings is 2. The first-order valence-electron chi connectivity index (χ1n) is 8.95. The van der Waals surface area contributed by atoms with E-state index in [1.807, 2.05) is 30.3 Å². The predicted molar refractivity (Wildman–Crippen MR) is 109 cm³/mol. The molecule has 0 aliphatic heterocycles. The van der Waals surface area contributed by atoms with Crippen LogP contribution in [0.4, 0.5) is 0 Å². The number of H-pyrrole nitrogens is 1. The van der Waals surface area contributed by atoms with Crippen molar-refractivity contribution in [2.24, 2.45) is 0 Å². The molecule has 152 valence electrons. The molecule has 0 atom stereocenters. The van der Waals surface area contributed by atoms with E-state index in [0.29, 0.717) is 12.1 Å². The highest BCUT2D eigenvalue weighted by Crippen LogP contribution is 2.16. The zero-order valence-electron chi connectivity index (χ0n) is 15.9. The minimum Gasteiger partial charge on any atom is -0.383 e. The van der Waals surface area contributed by atoms with Crippen LogP contribution in [-0.4, -0.2) is 44.8 Å². The number of aromatic amines is 1. The summed E-state index contributed by atoms with van der Waals surface area (Å²) >= 11 is 0. The van der Waals surface area contributed by atoms with Crippen molar-refractivity contribution < 1.29 is 17.9 Å². The smallest absolute Gasteiger partial charge is 0.251 e. The van der Waals surface area contributed by atoms with E-state index in [0.717, 1.165) is 16.8 Å². The van der Waals surface area contributed by atoms with Gasteiger partial charge in [0.25, 0.3) is 5.91 Å². The molecule has 1 aromatic heterocycles. The van der Waals surface area contributed by atoms with Gasteiger partial charge in [0.2, 0.25) is 10.0 Å². The Bertz CT molecular complexity index is 1030. The Morgan fingerprint density at radius 3 is 2.41 bits per heavy atom. The number of hydrogen-bond acceptors (Lipinski definition) is 5. The normalized spacial score (nSPS) is 11.3. The van der Waals surface area contributed by atoms with E-state index in [4.69, 9.17) is 4.74 Å². The van der Waals surface area contributed by atoms with Gasteiger partial charge in [0.15, 0.2) is 0 Å². The molecular formula is C20H22N4O4S. The van der Waals surface area contributed by atoms with Crippen molar-refractivity contribution in [2.75, 3.05) is 20.3 Å². The minimum atomic E-state index is -3.62. The van der Waals surface area contributed by atoms with Gasteiger partial charge in [-0.25, -0.2) is 13.1 Å². The number of aromatic nitrogens is 2. The maximum atomic E-state index is 12.3. The molecule has 8 nitrogen and oxygen atoms in total. The van der Waals surface area contributed by atoms with Crippen molar-refractivity contribution in [3.63, 3.8) is 0 Å². The predicted octanol–water partition coefficient (Wildman–Crippen LogP) is 1.93. The molecule has 2 aromatic carbocycles. The van der Waals surface area contributed by atoms with Crippen LogP contribution in [-0.2, 0) is 21.3 Å². The maximum absolute atomic E-state index is 12.3. The summed E-state index contributed by atoms with van der Waals surface area (Å²) in [5.41, 5.74) is 3.26. The average Bonchev–Trinajstić information content (AvgIpc) is 3.27. The number of carbonyl (C=O) groups excluding carboxylic acids is 1. The van der Waals surface area contributed by atoms with Crippen molar-refractivity contribution in [3.8, 4) is 11.3 Å². The number of amides is 1. The number of ether oxygens (including phenoxy) is 1. The second-order valence-corrected chi connectivity index (χ2v) is 8.03. The van der Waals surface area contributed by atoms with Crippen LogP contribution < -0.4 is 10.0 Å². The molecule has 29 heavy (non-hydrogen) atoms. The summed E-state index contributed by atoms with van der Waals surface area (Å²) in [7, 11) is -2.13. The zero-order chi connectivity index (χ0) is 20.7. The number of carbonyl (C=O) groups is 1. The molecule has 0 fully saturated rings. The third kappa shape index (κ3) is 5.50. The summed E-state index contributed by atoms with van der Waals surface area (Å²) in [6.07, 6.45) is 1.69. The highest BCUT2D eigenvalue weighted by atomic mass is 32.2. The Kier molecular flexibility index (Phi) is 6.76. The number of sulfonamides is 1. The van der Waals surface area contributed by atoms with Gasteiger partial charge in [-0.2, -0.15) is 5.10 Å². The largest absolute Gasteiger partial charge is 0.383 e. The van der Waals surface area contributed by atoms with Gasteiger partial charge in [-0.05, 0) is 41.5 Å². The first kappa shape index (κ1) is 20.7. The lowest BCUT2D eigenvalue weighted by Gasteiger charge is -2.08. The van der Waals surface area contributed by atoms with Crippen LogP contribution in [0.15, 0.2) is 65.7 Å². The Hall–Kier alpha value is -3.01. The lowest BCUT2D eigenvalue weighted by molar-refractivity contribution is 0.0951. The summed E-state index contributed by atoms with van der Waals surface area (Å²) in [6.45, 7) is 0.823. The monoisotopic (exact) mass is 414 g/mol. The van der Waals surface area contributed by atoms with E-state index in [1.165, 1.54) is 31.4 Å². The van der Waals surface area contributed by atoms with E-state index in [1.54, 1.807) is 6.20 Å². The van der Waals surface area contributed by atoms with E-state index < -0.39 is 10.0 Å². The molecule has 0 aliphatic carbocycles. The molecule has 9 heteroatoms. The van der Waals surface area contributed by atoms with Crippen molar-refractivity contribution in [1.82, 2.24) is 20.2 Å². The fourth-order valence-corrected chi connectivity index (χ4v) is 3.66. The van der Waals surface area contributed by atoms with Crippen LogP contribution in [0, 0.1) is 0 Å². The molecule has 0 radical (unpaired) electrons. The van der Waals surface area contributed by atoms with Gasteiger partial charge < -0.3 is 10.1 Å². The molecule has 1 amide bonds. The van der Waals surface area contributed by atoms with Gasteiger partial charge in [0.05, 0.1) is 17.2 Å². The number of hydrogen-bond donors (Lipinski definition) is 3. The second kappa shape index (κ2) is 9.46. The topological polar surface area (TPSA) is 113 Å². The molecule has 3 aromatic rings. The van der Waals surface area contributed by atoms with Crippen molar-refractivity contribution in [1.29, 1.82) is 0 Å². The van der Waals surface area contributed by atoms with Gasteiger partial charge in [0, 0.05) is 32.0 Å². The Balaban J connectivity index is 1.57. The van der Waals surface area contributed by atoms with Gasteiger partial charge in [-0.1, -0.05) is 24.3 Å². The van der Waals surface area contributed by atoms with Crippen LogP contribution >= 0.6 is 0 Å². The molecule has 0 bridgehead atoms. The highest BCUT2D eigenvalue weighted by Gasteiger charge is 2.14. The minimum absolute atomic E-state index is 0.0968. The van der Waals surface area contributed by atoms with E-state index >= 15 is 0 Å². The van der Waals surface area contributed by atoms with Crippen LogP contribution in [0.5, 0.6) is 0 Å². The molecule has 1 heterocycles. The maximum Gasteiger partial charge on any atom is 0.251 e. The van der Waals surface area contributed by atoms with Crippen LogP contribution in [0.25, 0.3) is 11.3 Å². The van der Waals surface area contributed by atoms with Gasteiger partial charge >= 0.3 is 0 Å². The number of rotatable bonds is 9. The van der Waals surface area contributed by atoms with Crippen LogP contribution in [0.1, 0.15) is 15.9 Å². The third-order valence-electron chi connectivity index (χ3n) is 4.24. The summed E-state index contributed by atoms with van der Waals surface area (Å²) in [4.78, 5) is 12.4. The number of nitrogens with zero attached hydrogens (tertiary/aromatic N) is 1. The molecule has 0 saturated heterocycles. The fourth-order valence-electron chi connectivity index (χ4n) is 2.65. The van der Waals surface area contributed by atoms with Crippen molar-refractivity contribution >= 4 is 15.9 Å². The van der Waals surface area contributed by atoms with Crippen molar-refractivity contribution in [2.45, 2.75) is 11.4 Å². The van der Waals surface area contributed by atoms with Crippen LogP contribution in [0.2, 0.25) is 0 Å². The second-order valence-electron chi connectivity index (χ2n) is 6.26. The van der Waals surface area contributed by atoms with E-state index in [2.05, 4.69) is 20.2 Å². The summed E-state index contributed by atoms with van der Waals surface area (Å²) in [5, 5.41) is 9.65. The lowest BCUT2D eigenvalue weighted by Crippen LogP contribution is -2.27. The molecule has 3 N–H and O–H groups in total. The van der Waals surface area contributed by atoms with Gasteiger partial charge in [0.1, 0.15) is 0 Å². The van der Waals surface area contributed by atoms with Gasteiger partial charge in [-0.15, -0.1) is 0 Å². The fraction of sp³-hybridized carbons (Fsp3) is 0.200. The quantitative estimate of drug-likeness (QED) is 0.463. The third-order valence-corrected chi connectivity index (χ3v) is 5.72. The van der Waals surface area contributed by atoms with E-state index in [9.17, 15) is 13.2 Å². The molecule has 0 aliphatic rings. The number of methoxy groups -OCH3 is 1. The van der Waals surface area contributed by atoms with Crippen LogP contribution in [0.3, 0.4) is 0 Å². The molecule has 0 spiro atoms. The molecule has 0 unspecified atom stereocenters. The summed E-state index contributed by atoms with van der Waals surface area (Å²) in [6, 6.07) is 15.4. The van der Waals surface area contributed by atoms with Crippen molar-refractivity contribution in [3.05, 3.63) is 71.9 Å². The van der Waals surface area contributed by atoms with E-state index in [-0.39, 0.29) is 24.0 Å². The molecular weight excluding hydrogens is 392 g/mol. The number of nitrogens with one attached hydrogen (secondary N) is 3. The zero-order valence-corrected chi connectivity index (χ0v) is 16.7. The molecule has 0 saturated carbocycles. The Labute approximate surface area is 169 Å². The average molecular weight is 414 g/mol. The first-order valence-corrected chi connectivity index (χ1v) is 10.4. The lowest BCUT2D eigenvalue weighted by atomic mass is 10.1. The first-order chi connectivity index (χ1) is 14.0. The highest BCUT2D eigenvalue weighted by molar-refractivity contribution is 7.89. The molecule has 3 rings (SSSR count). The SMILES string of the molecule is COCCNS(=O)(=O)c1ccc(C(=O)NCc2ccc(-c3ccn[nH]3)cc2)cc1.